The molecule has 0 radical (unpaired) electrons. The largest absolute Gasteiger partial charge is 1.00 e. The molecule has 0 spiro atoms. The molecule has 0 aromatic heterocycles. The van der Waals surface area contributed by atoms with Crippen LogP contribution in [0.3, 0.4) is 0 Å². The van der Waals surface area contributed by atoms with Crippen molar-refractivity contribution in [2.24, 2.45) is 0 Å². The summed E-state index contributed by atoms with van der Waals surface area (Å²) >= 11 is 0. The van der Waals surface area contributed by atoms with Gasteiger partial charge in [0.25, 0.3) is 0 Å². The minimum absolute atomic E-state index is 0. The van der Waals surface area contributed by atoms with Crippen molar-refractivity contribution in [3.8, 4) is 0 Å². The predicted molar refractivity (Wildman–Crippen MR) is 95.5 cm³/mol. The Hall–Kier alpha value is 1.51. The van der Waals surface area contributed by atoms with Gasteiger partial charge in [0.1, 0.15) is 0 Å². The van der Waals surface area contributed by atoms with Crippen LogP contribution in [-0.2, 0) is 10.1 Å². The van der Waals surface area contributed by atoms with Gasteiger partial charge in [-0.05, 0) is 32.1 Å². The van der Waals surface area contributed by atoms with Crippen molar-refractivity contribution in [3.63, 3.8) is 0 Å². The number of unbranched alkanes of at least 4 members (excludes halogenated alkanes) is 7. The predicted octanol–water partition coefficient (Wildman–Crippen LogP) is 1.77. The van der Waals surface area contributed by atoms with Crippen molar-refractivity contribution >= 4 is 10.1 Å². The molecule has 0 rings (SSSR count). The quantitative estimate of drug-likeness (QED) is 0.248. The number of aliphatic hydroxyl groups excluding tert-OH is 1. The standard InChI is InChI=1S/C18H38O4S.K/c1-3-5-6-7-8-9-10-11-15-18(23(20,21)22)16-12-14-17(19)13-4-2;/h17-19H,3-16H2,1-2H3,(H,20,21,22);/q;+1/p-1. The second-order valence-corrected chi connectivity index (χ2v) is 8.40. The summed E-state index contributed by atoms with van der Waals surface area (Å²) in [6.07, 6.45) is 12.6. The average Bonchev–Trinajstić information content (AvgIpc) is 2.47. The van der Waals surface area contributed by atoms with Gasteiger partial charge in [-0.1, -0.05) is 71.6 Å². The van der Waals surface area contributed by atoms with Crippen LogP contribution in [0.2, 0.25) is 0 Å². The molecule has 140 valence electrons. The smallest absolute Gasteiger partial charge is 0.748 e. The maximum absolute atomic E-state index is 11.4. The fraction of sp³-hybridized carbons (Fsp3) is 1.00. The van der Waals surface area contributed by atoms with Gasteiger partial charge in [0.15, 0.2) is 0 Å². The summed E-state index contributed by atoms with van der Waals surface area (Å²) in [7, 11) is -4.21. The molecule has 1 N–H and O–H groups in total. The maximum atomic E-state index is 11.4. The van der Waals surface area contributed by atoms with Gasteiger partial charge in [-0.25, -0.2) is 8.42 Å². The Bertz CT molecular complexity index is 360. The third-order valence-electron chi connectivity index (χ3n) is 4.47. The number of hydrogen-bond acceptors (Lipinski definition) is 4. The Labute approximate surface area is 192 Å². The normalized spacial score (nSPS) is 14.2. The Morgan fingerprint density at radius 3 is 1.75 bits per heavy atom. The van der Waals surface area contributed by atoms with Crippen molar-refractivity contribution in [2.75, 3.05) is 0 Å². The second-order valence-electron chi connectivity index (χ2n) is 6.75. The van der Waals surface area contributed by atoms with Crippen LogP contribution in [0.15, 0.2) is 0 Å². The zero-order chi connectivity index (χ0) is 17.6. The monoisotopic (exact) mass is 388 g/mol. The summed E-state index contributed by atoms with van der Waals surface area (Å²) in [5.41, 5.74) is 0. The molecule has 24 heavy (non-hydrogen) atoms. The fourth-order valence-corrected chi connectivity index (χ4v) is 3.91. The van der Waals surface area contributed by atoms with E-state index >= 15 is 0 Å². The Kier molecular flexibility index (Phi) is 20.7. The van der Waals surface area contributed by atoms with Crippen LogP contribution in [-0.4, -0.2) is 29.4 Å². The summed E-state index contributed by atoms with van der Waals surface area (Å²) in [6, 6.07) is 0. The fourth-order valence-electron chi connectivity index (χ4n) is 3.00. The summed E-state index contributed by atoms with van der Waals surface area (Å²) in [6.45, 7) is 4.21. The average molecular weight is 389 g/mol. The molecule has 0 aliphatic heterocycles. The van der Waals surface area contributed by atoms with Crippen LogP contribution in [0, 0.1) is 0 Å². The third kappa shape index (κ3) is 16.9. The minimum Gasteiger partial charge on any atom is -0.748 e. The SMILES string of the molecule is CCCCCCCCCCC(CCCC(O)CCC)S(=O)(=O)[O-].[K+]. The van der Waals surface area contributed by atoms with Crippen molar-refractivity contribution in [1.29, 1.82) is 0 Å². The Balaban J connectivity index is 0. The van der Waals surface area contributed by atoms with Crippen molar-refractivity contribution in [3.05, 3.63) is 0 Å². The minimum atomic E-state index is -4.21. The van der Waals surface area contributed by atoms with E-state index in [1.165, 1.54) is 32.1 Å². The van der Waals surface area contributed by atoms with E-state index in [9.17, 15) is 18.1 Å². The van der Waals surface area contributed by atoms with E-state index < -0.39 is 15.4 Å². The molecule has 0 amide bonds. The molecular formula is C18H37KO4S. The molecule has 0 fully saturated rings. The van der Waals surface area contributed by atoms with Crippen molar-refractivity contribution in [1.82, 2.24) is 0 Å². The van der Waals surface area contributed by atoms with E-state index in [1.807, 2.05) is 6.92 Å². The third-order valence-corrected chi connectivity index (χ3v) is 5.76. The van der Waals surface area contributed by atoms with Gasteiger partial charge in [0.2, 0.25) is 0 Å². The molecule has 0 heterocycles. The van der Waals surface area contributed by atoms with Gasteiger partial charge < -0.3 is 9.66 Å². The zero-order valence-electron chi connectivity index (χ0n) is 16.1. The van der Waals surface area contributed by atoms with Gasteiger partial charge >= 0.3 is 51.4 Å². The number of hydrogen-bond donors (Lipinski definition) is 1. The first-order valence-corrected chi connectivity index (χ1v) is 11.0. The van der Waals surface area contributed by atoms with E-state index in [2.05, 4.69) is 6.92 Å². The van der Waals surface area contributed by atoms with Crippen LogP contribution in [0.25, 0.3) is 0 Å². The molecule has 0 aromatic carbocycles. The van der Waals surface area contributed by atoms with Crippen LogP contribution < -0.4 is 51.4 Å². The van der Waals surface area contributed by atoms with Gasteiger partial charge in [0, 0.05) is 5.25 Å². The van der Waals surface area contributed by atoms with Crippen molar-refractivity contribution in [2.45, 2.75) is 115 Å². The van der Waals surface area contributed by atoms with E-state index in [-0.39, 0.29) is 57.5 Å². The molecule has 0 aromatic rings. The first-order valence-electron chi connectivity index (χ1n) is 9.54. The molecule has 0 saturated heterocycles. The van der Waals surface area contributed by atoms with E-state index in [0.717, 1.165) is 32.1 Å². The summed E-state index contributed by atoms with van der Waals surface area (Å²) in [5, 5.41) is 8.90. The summed E-state index contributed by atoms with van der Waals surface area (Å²) < 4.78 is 34.1. The molecule has 0 aliphatic carbocycles. The molecular weight excluding hydrogens is 351 g/mol. The number of aliphatic hydroxyl groups is 1. The zero-order valence-corrected chi connectivity index (χ0v) is 20.1. The molecule has 2 atom stereocenters. The first kappa shape index (κ1) is 27.7. The van der Waals surface area contributed by atoms with Crippen molar-refractivity contribution < 1.29 is 69.5 Å². The van der Waals surface area contributed by atoms with E-state index in [1.54, 1.807) is 0 Å². The van der Waals surface area contributed by atoms with Crippen LogP contribution in [0.5, 0.6) is 0 Å². The van der Waals surface area contributed by atoms with Crippen LogP contribution >= 0.6 is 0 Å². The molecule has 0 aliphatic rings. The first-order chi connectivity index (χ1) is 10.9. The Morgan fingerprint density at radius 2 is 1.25 bits per heavy atom. The number of rotatable bonds is 16. The molecule has 0 saturated carbocycles. The topological polar surface area (TPSA) is 77.4 Å². The second kappa shape index (κ2) is 17.9. The molecule has 0 bridgehead atoms. The van der Waals surface area contributed by atoms with Gasteiger partial charge in [-0.3, -0.25) is 0 Å². The molecule has 4 nitrogen and oxygen atoms in total. The van der Waals surface area contributed by atoms with E-state index in [0.29, 0.717) is 25.7 Å². The van der Waals surface area contributed by atoms with Gasteiger partial charge in [0.05, 0.1) is 16.2 Å². The van der Waals surface area contributed by atoms with Crippen LogP contribution in [0.1, 0.15) is 104 Å². The summed E-state index contributed by atoms with van der Waals surface area (Å²) in [5.74, 6) is 0. The molecule has 2 unspecified atom stereocenters. The van der Waals surface area contributed by atoms with Gasteiger partial charge in [-0.2, -0.15) is 0 Å². The van der Waals surface area contributed by atoms with Crippen LogP contribution in [0.4, 0.5) is 0 Å². The Morgan fingerprint density at radius 1 is 0.750 bits per heavy atom. The summed E-state index contributed by atoms with van der Waals surface area (Å²) in [4.78, 5) is 0. The maximum Gasteiger partial charge on any atom is 1.00 e. The van der Waals surface area contributed by atoms with E-state index in [4.69, 9.17) is 0 Å². The molecule has 6 heteroatoms. The van der Waals surface area contributed by atoms with Gasteiger partial charge in [-0.15, -0.1) is 0 Å².